The molecule has 0 fully saturated rings. The number of nitrogens with zero attached hydrogens (tertiary/aromatic N) is 2. The minimum atomic E-state index is -0.203. The normalized spacial score (nSPS) is 10.3. The lowest BCUT2D eigenvalue weighted by Gasteiger charge is -2.08. The van der Waals surface area contributed by atoms with E-state index in [0.717, 1.165) is 16.8 Å². The van der Waals surface area contributed by atoms with Gasteiger partial charge in [0.15, 0.2) is 0 Å². The number of thiocarbonyl (C=S) groups is 1. The molecule has 0 spiro atoms. The number of nitrogens with two attached hydrogens (primary N) is 1. The zero-order valence-corrected chi connectivity index (χ0v) is 14.4. The van der Waals surface area contributed by atoms with E-state index in [2.05, 4.69) is 15.3 Å². The van der Waals surface area contributed by atoms with Gasteiger partial charge in [-0.25, -0.2) is 9.97 Å². The van der Waals surface area contributed by atoms with Gasteiger partial charge in [-0.15, -0.1) is 0 Å². The van der Waals surface area contributed by atoms with Gasteiger partial charge in [0.25, 0.3) is 5.91 Å². The van der Waals surface area contributed by atoms with Crippen molar-refractivity contribution in [2.45, 2.75) is 6.92 Å². The van der Waals surface area contributed by atoms with Crippen LogP contribution in [-0.2, 0) is 0 Å². The molecule has 0 unspecified atom stereocenters. The molecule has 5 nitrogen and oxygen atoms in total. The second-order valence-electron chi connectivity index (χ2n) is 5.47. The number of carbonyl (C=O) groups is 1. The van der Waals surface area contributed by atoms with Gasteiger partial charge in [-0.3, -0.25) is 4.79 Å². The molecule has 0 atom stereocenters. The minimum Gasteiger partial charge on any atom is -0.389 e. The van der Waals surface area contributed by atoms with Gasteiger partial charge < -0.3 is 11.1 Å². The van der Waals surface area contributed by atoms with Crippen LogP contribution >= 0.6 is 12.2 Å². The van der Waals surface area contributed by atoms with Crippen molar-refractivity contribution in [3.8, 4) is 11.3 Å². The molecule has 25 heavy (non-hydrogen) atoms. The molecule has 0 aliphatic heterocycles. The van der Waals surface area contributed by atoms with Gasteiger partial charge >= 0.3 is 0 Å². The Kier molecular flexibility index (Phi) is 4.81. The number of hydrogen-bond donors (Lipinski definition) is 2. The summed E-state index contributed by atoms with van der Waals surface area (Å²) < 4.78 is 0. The van der Waals surface area contributed by atoms with E-state index in [0.29, 0.717) is 22.1 Å². The Hall–Kier alpha value is -3.12. The van der Waals surface area contributed by atoms with Crippen LogP contribution in [-0.4, -0.2) is 20.9 Å². The van der Waals surface area contributed by atoms with E-state index in [1.165, 1.54) is 0 Å². The van der Waals surface area contributed by atoms with Gasteiger partial charge in [0.2, 0.25) is 0 Å². The number of anilines is 1. The third-order valence-corrected chi connectivity index (χ3v) is 3.86. The van der Waals surface area contributed by atoms with Crippen molar-refractivity contribution >= 4 is 28.8 Å². The van der Waals surface area contributed by atoms with Crippen molar-refractivity contribution in [1.29, 1.82) is 0 Å². The van der Waals surface area contributed by atoms with Gasteiger partial charge in [0.05, 0.1) is 5.69 Å². The van der Waals surface area contributed by atoms with E-state index < -0.39 is 0 Å². The molecule has 1 amide bonds. The molecule has 3 N–H and O–H groups in total. The number of carbonyl (C=O) groups excluding carboxylic acids is 1. The molecule has 6 heteroatoms. The molecule has 0 radical (unpaired) electrons. The molecule has 1 aromatic heterocycles. The zero-order chi connectivity index (χ0) is 17.8. The Morgan fingerprint density at radius 3 is 2.48 bits per heavy atom. The van der Waals surface area contributed by atoms with Crippen LogP contribution in [0, 0.1) is 6.92 Å². The summed E-state index contributed by atoms with van der Waals surface area (Å²) in [7, 11) is 0. The summed E-state index contributed by atoms with van der Waals surface area (Å²) in [6.45, 7) is 1.84. The first-order valence-corrected chi connectivity index (χ1v) is 8.05. The average Bonchev–Trinajstić information content (AvgIpc) is 2.62. The molecular weight excluding hydrogens is 332 g/mol. The highest BCUT2D eigenvalue weighted by Crippen LogP contribution is 2.21. The molecule has 3 rings (SSSR count). The molecule has 0 aliphatic rings. The molecule has 124 valence electrons. The standard InChI is InChI=1S/C19H16N4OS/c1-12-21-10-9-17(22-12)15-3-2-4-16(11-15)23-19(24)14-7-5-13(6-8-14)18(20)25/h2-11H,1H3,(H2,20,25)(H,23,24). The maximum Gasteiger partial charge on any atom is 0.255 e. The Bertz CT molecular complexity index is 938. The van der Waals surface area contributed by atoms with Crippen molar-refractivity contribution in [2.75, 3.05) is 5.32 Å². The second-order valence-corrected chi connectivity index (χ2v) is 5.91. The SMILES string of the molecule is Cc1nccc(-c2cccc(NC(=O)c3ccc(C(N)=S)cc3)c2)n1. The van der Waals surface area contributed by atoms with Crippen molar-refractivity contribution < 1.29 is 4.79 Å². The van der Waals surface area contributed by atoms with Crippen molar-refractivity contribution in [1.82, 2.24) is 9.97 Å². The first-order chi connectivity index (χ1) is 12.0. The van der Waals surface area contributed by atoms with Crippen LogP contribution in [0.3, 0.4) is 0 Å². The molecule has 0 aliphatic carbocycles. The lowest BCUT2D eigenvalue weighted by molar-refractivity contribution is 0.102. The number of rotatable bonds is 4. The van der Waals surface area contributed by atoms with Crippen LogP contribution < -0.4 is 11.1 Å². The van der Waals surface area contributed by atoms with E-state index >= 15 is 0 Å². The summed E-state index contributed by atoms with van der Waals surface area (Å²) in [5.74, 6) is 0.496. The fourth-order valence-corrected chi connectivity index (χ4v) is 2.50. The molecular formula is C19H16N4OS. The summed E-state index contributed by atoms with van der Waals surface area (Å²) in [5.41, 5.74) is 9.24. The van der Waals surface area contributed by atoms with Crippen LogP contribution in [0.4, 0.5) is 5.69 Å². The van der Waals surface area contributed by atoms with Crippen LogP contribution in [0.5, 0.6) is 0 Å². The second kappa shape index (κ2) is 7.19. The highest BCUT2D eigenvalue weighted by molar-refractivity contribution is 7.80. The van der Waals surface area contributed by atoms with Gasteiger partial charge in [-0.2, -0.15) is 0 Å². The molecule has 0 bridgehead atoms. The highest BCUT2D eigenvalue weighted by atomic mass is 32.1. The Labute approximate surface area is 150 Å². The van der Waals surface area contributed by atoms with Gasteiger partial charge in [-0.05, 0) is 37.3 Å². The van der Waals surface area contributed by atoms with Crippen LogP contribution in [0.1, 0.15) is 21.7 Å². The summed E-state index contributed by atoms with van der Waals surface area (Å²) in [6.07, 6.45) is 1.71. The van der Waals surface area contributed by atoms with Crippen molar-refractivity contribution in [2.24, 2.45) is 5.73 Å². The number of nitrogens with one attached hydrogen (secondary N) is 1. The number of benzene rings is 2. The largest absolute Gasteiger partial charge is 0.389 e. The highest BCUT2D eigenvalue weighted by Gasteiger charge is 2.08. The monoisotopic (exact) mass is 348 g/mol. The molecule has 2 aromatic carbocycles. The fraction of sp³-hybridized carbons (Fsp3) is 0.0526. The maximum absolute atomic E-state index is 12.4. The minimum absolute atomic E-state index is 0.203. The summed E-state index contributed by atoms with van der Waals surface area (Å²) in [6, 6.07) is 16.2. The van der Waals surface area contributed by atoms with Crippen LogP contribution in [0.2, 0.25) is 0 Å². The molecule has 0 saturated heterocycles. The predicted molar refractivity (Wildman–Crippen MR) is 102 cm³/mol. The topological polar surface area (TPSA) is 80.9 Å². The van der Waals surface area contributed by atoms with Gasteiger partial charge in [-0.1, -0.05) is 36.5 Å². The third-order valence-electron chi connectivity index (χ3n) is 3.62. The smallest absolute Gasteiger partial charge is 0.255 e. The maximum atomic E-state index is 12.4. The predicted octanol–water partition coefficient (Wildman–Crippen LogP) is 3.34. The average molecular weight is 348 g/mol. The molecule has 1 heterocycles. The van der Waals surface area contributed by atoms with E-state index in [1.807, 2.05) is 37.3 Å². The first kappa shape index (κ1) is 16.7. The van der Waals surface area contributed by atoms with Crippen molar-refractivity contribution in [3.05, 3.63) is 77.7 Å². The lowest BCUT2D eigenvalue weighted by atomic mass is 10.1. The van der Waals surface area contributed by atoms with E-state index in [-0.39, 0.29) is 5.91 Å². The Morgan fingerprint density at radius 1 is 1.08 bits per heavy atom. The summed E-state index contributed by atoms with van der Waals surface area (Å²) in [5, 5.41) is 2.89. The number of amides is 1. The van der Waals surface area contributed by atoms with Crippen LogP contribution in [0.25, 0.3) is 11.3 Å². The third kappa shape index (κ3) is 4.05. The fourth-order valence-electron chi connectivity index (χ4n) is 2.36. The van der Waals surface area contributed by atoms with E-state index in [1.54, 1.807) is 30.5 Å². The molecule has 0 saturated carbocycles. The van der Waals surface area contributed by atoms with Crippen molar-refractivity contribution in [3.63, 3.8) is 0 Å². The van der Waals surface area contributed by atoms with Crippen LogP contribution in [0.15, 0.2) is 60.8 Å². The lowest BCUT2D eigenvalue weighted by Crippen LogP contribution is -2.13. The number of aromatic nitrogens is 2. The van der Waals surface area contributed by atoms with Gasteiger partial charge in [0.1, 0.15) is 10.8 Å². The Morgan fingerprint density at radius 2 is 1.80 bits per heavy atom. The zero-order valence-electron chi connectivity index (χ0n) is 13.6. The quantitative estimate of drug-likeness (QED) is 0.707. The Balaban J connectivity index is 1.80. The summed E-state index contributed by atoms with van der Waals surface area (Å²) >= 11 is 4.91. The number of aryl methyl sites for hydroxylation is 1. The summed E-state index contributed by atoms with van der Waals surface area (Å²) in [4.78, 5) is 21.2. The van der Waals surface area contributed by atoms with Gasteiger partial charge in [0, 0.05) is 28.6 Å². The first-order valence-electron chi connectivity index (χ1n) is 7.64. The molecule has 3 aromatic rings. The van der Waals surface area contributed by atoms with E-state index in [4.69, 9.17) is 18.0 Å². The van der Waals surface area contributed by atoms with E-state index in [9.17, 15) is 4.79 Å². The number of hydrogen-bond acceptors (Lipinski definition) is 4.